The van der Waals surface area contributed by atoms with E-state index in [4.69, 9.17) is 13.3 Å². The van der Waals surface area contributed by atoms with Gasteiger partial charge in [0.05, 0.1) is 0 Å². The summed E-state index contributed by atoms with van der Waals surface area (Å²) < 4.78 is 16.5. The molecular formula is C10H24O3Si. The minimum absolute atomic E-state index is 0.442. The van der Waals surface area contributed by atoms with Crippen molar-refractivity contribution in [3.05, 3.63) is 0 Å². The number of rotatable bonds is 8. The molecule has 0 aromatic heterocycles. The van der Waals surface area contributed by atoms with Crippen molar-refractivity contribution in [1.82, 2.24) is 0 Å². The van der Waals surface area contributed by atoms with Crippen LogP contribution in [0.5, 0.6) is 0 Å². The summed E-state index contributed by atoms with van der Waals surface area (Å²) in [7, 11) is 2.69. The Labute approximate surface area is 89.1 Å². The summed E-state index contributed by atoms with van der Waals surface area (Å²) in [4.78, 5) is 0. The first-order valence-electron chi connectivity index (χ1n) is 5.36. The predicted molar refractivity (Wildman–Crippen MR) is 60.3 cm³/mol. The molecule has 0 aliphatic carbocycles. The van der Waals surface area contributed by atoms with Crippen LogP contribution in [0.4, 0.5) is 0 Å². The topological polar surface area (TPSA) is 27.7 Å². The molecular weight excluding hydrogens is 196 g/mol. The van der Waals surface area contributed by atoms with Gasteiger partial charge in [0.1, 0.15) is 0 Å². The van der Waals surface area contributed by atoms with E-state index in [1.807, 2.05) is 0 Å². The molecule has 0 aromatic rings. The van der Waals surface area contributed by atoms with Gasteiger partial charge in [0, 0.05) is 26.9 Å². The highest BCUT2D eigenvalue weighted by atomic mass is 28.4. The molecule has 0 fully saturated rings. The summed E-state index contributed by atoms with van der Waals surface area (Å²) in [6.07, 6.45) is 4.54. The van der Waals surface area contributed by atoms with Crippen LogP contribution in [0.15, 0.2) is 0 Å². The Morgan fingerprint density at radius 1 is 0.857 bits per heavy atom. The number of hydrogen-bond acceptors (Lipinski definition) is 3. The Balaban J connectivity index is 4.52. The van der Waals surface area contributed by atoms with E-state index in [1.165, 1.54) is 0 Å². The fraction of sp³-hybridized carbons (Fsp3) is 1.00. The molecule has 0 rings (SSSR count). The largest absolute Gasteiger partial charge is 0.503 e. The van der Waals surface area contributed by atoms with Gasteiger partial charge in [-0.05, 0) is 12.8 Å². The fourth-order valence-electron chi connectivity index (χ4n) is 1.94. The van der Waals surface area contributed by atoms with Crippen molar-refractivity contribution in [2.45, 2.75) is 45.1 Å². The average molecular weight is 220 g/mol. The molecule has 0 saturated heterocycles. The Kier molecular flexibility index (Phi) is 7.45. The molecule has 0 unspecified atom stereocenters. The SMILES string of the molecule is CCCC(CCC)[Si](OC)(OC)OC. The Bertz CT molecular complexity index is 123. The van der Waals surface area contributed by atoms with Crippen molar-refractivity contribution in [2.75, 3.05) is 21.3 Å². The summed E-state index contributed by atoms with van der Waals surface area (Å²) in [5, 5.41) is 0. The second-order valence-corrected chi connectivity index (χ2v) is 6.74. The molecule has 0 saturated carbocycles. The lowest BCUT2D eigenvalue weighted by molar-refractivity contribution is 0.108. The summed E-state index contributed by atoms with van der Waals surface area (Å²) in [6, 6.07) is 0. The van der Waals surface area contributed by atoms with Crippen molar-refractivity contribution in [1.29, 1.82) is 0 Å². The Morgan fingerprint density at radius 3 is 1.43 bits per heavy atom. The van der Waals surface area contributed by atoms with Crippen molar-refractivity contribution < 1.29 is 13.3 Å². The third kappa shape index (κ3) is 3.35. The first-order chi connectivity index (χ1) is 6.70. The molecule has 0 radical (unpaired) electrons. The first-order valence-corrected chi connectivity index (χ1v) is 7.16. The number of hydrogen-bond donors (Lipinski definition) is 0. The second kappa shape index (κ2) is 7.40. The van der Waals surface area contributed by atoms with Crippen molar-refractivity contribution in [2.24, 2.45) is 0 Å². The van der Waals surface area contributed by atoms with E-state index >= 15 is 0 Å². The van der Waals surface area contributed by atoms with Gasteiger partial charge < -0.3 is 13.3 Å². The molecule has 0 aliphatic heterocycles. The molecule has 4 heteroatoms. The Hall–Kier alpha value is 0.0969. The smallest absolute Gasteiger partial charge is 0.377 e. The summed E-state index contributed by atoms with van der Waals surface area (Å²) in [5.74, 6) is 0. The van der Waals surface area contributed by atoms with E-state index in [-0.39, 0.29) is 0 Å². The molecule has 0 atom stereocenters. The van der Waals surface area contributed by atoms with Gasteiger partial charge in [-0.2, -0.15) is 0 Å². The van der Waals surface area contributed by atoms with E-state index in [1.54, 1.807) is 21.3 Å². The van der Waals surface area contributed by atoms with Gasteiger partial charge in [-0.1, -0.05) is 26.7 Å². The van der Waals surface area contributed by atoms with E-state index in [2.05, 4.69) is 13.8 Å². The zero-order chi connectivity index (χ0) is 11.0. The predicted octanol–water partition coefficient (Wildman–Crippen LogP) is 2.83. The molecule has 0 heterocycles. The maximum atomic E-state index is 5.50. The molecule has 0 spiro atoms. The van der Waals surface area contributed by atoms with Gasteiger partial charge in [0.25, 0.3) is 0 Å². The van der Waals surface area contributed by atoms with Gasteiger partial charge >= 0.3 is 8.80 Å². The second-order valence-electron chi connectivity index (χ2n) is 3.49. The van der Waals surface area contributed by atoms with Crippen LogP contribution in [0.3, 0.4) is 0 Å². The van der Waals surface area contributed by atoms with Crippen LogP contribution in [0.1, 0.15) is 39.5 Å². The third-order valence-corrected chi connectivity index (χ3v) is 5.91. The highest BCUT2D eigenvalue weighted by Gasteiger charge is 2.45. The van der Waals surface area contributed by atoms with Gasteiger partial charge in [0.2, 0.25) is 0 Å². The van der Waals surface area contributed by atoms with Gasteiger partial charge in [-0.3, -0.25) is 0 Å². The quantitative estimate of drug-likeness (QED) is 0.589. The molecule has 0 bridgehead atoms. The van der Waals surface area contributed by atoms with E-state index < -0.39 is 8.80 Å². The average Bonchev–Trinajstić information content (AvgIpc) is 2.22. The van der Waals surface area contributed by atoms with Crippen LogP contribution < -0.4 is 0 Å². The van der Waals surface area contributed by atoms with Gasteiger partial charge in [-0.15, -0.1) is 0 Å². The summed E-state index contributed by atoms with van der Waals surface area (Å²) in [6.45, 7) is 4.37. The van der Waals surface area contributed by atoms with E-state index in [9.17, 15) is 0 Å². The molecule has 0 aliphatic rings. The standard InChI is InChI=1S/C10H24O3Si/c1-6-8-10(9-7-2)14(11-3,12-4)13-5/h10H,6-9H2,1-5H3. The van der Waals surface area contributed by atoms with Crippen molar-refractivity contribution in [3.63, 3.8) is 0 Å². The molecule has 0 N–H and O–H groups in total. The highest BCUT2D eigenvalue weighted by molar-refractivity contribution is 6.62. The van der Waals surface area contributed by atoms with Crippen LogP contribution >= 0.6 is 0 Å². The van der Waals surface area contributed by atoms with Crippen LogP contribution in [-0.4, -0.2) is 30.1 Å². The first kappa shape index (κ1) is 14.1. The van der Waals surface area contributed by atoms with Crippen molar-refractivity contribution in [3.8, 4) is 0 Å². The highest BCUT2D eigenvalue weighted by Crippen LogP contribution is 2.32. The van der Waals surface area contributed by atoms with Crippen LogP contribution in [0.25, 0.3) is 0 Å². The van der Waals surface area contributed by atoms with E-state index in [0.717, 1.165) is 25.7 Å². The lowest BCUT2D eigenvalue weighted by Crippen LogP contribution is -2.47. The zero-order valence-electron chi connectivity index (χ0n) is 10.1. The normalized spacial score (nSPS) is 12.4. The van der Waals surface area contributed by atoms with Gasteiger partial charge in [0.15, 0.2) is 0 Å². The monoisotopic (exact) mass is 220 g/mol. The lowest BCUT2D eigenvalue weighted by atomic mass is 10.1. The van der Waals surface area contributed by atoms with Crippen LogP contribution in [-0.2, 0) is 13.3 Å². The van der Waals surface area contributed by atoms with Crippen molar-refractivity contribution >= 4 is 8.80 Å². The molecule has 14 heavy (non-hydrogen) atoms. The lowest BCUT2D eigenvalue weighted by Gasteiger charge is -2.32. The zero-order valence-corrected chi connectivity index (χ0v) is 11.1. The molecule has 3 nitrogen and oxygen atoms in total. The summed E-state index contributed by atoms with van der Waals surface area (Å²) in [5.41, 5.74) is 0.442. The molecule has 86 valence electrons. The van der Waals surface area contributed by atoms with Gasteiger partial charge in [-0.25, -0.2) is 0 Å². The molecule has 0 amide bonds. The minimum atomic E-state index is -2.39. The van der Waals surface area contributed by atoms with Crippen LogP contribution in [0.2, 0.25) is 5.54 Å². The maximum absolute atomic E-state index is 5.50. The summed E-state index contributed by atoms with van der Waals surface area (Å²) >= 11 is 0. The third-order valence-electron chi connectivity index (χ3n) is 2.63. The minimum Gasteiger partial charge on any atom is -0.377 e. The Morgan fingerprint density at radius 2 is 1.21 bits per heavy atom. The van der Waals surface area contributed by atoms with Crippen LogP contribution in [0, 0.1) is 0 Å². The fourth-order valence-corrected chi connectivity index (χ4v) is 4.73. The maximum Gasteiger partial charge on any atom is 0.503 e. The van der Waals surface area contributed by atoms with E-state index in [0.29, 0.717) is 5.54 Å². The molecule has 0 aromatic carbocycles.